The minimum atomic E-state index is -3.94. The van der Waals surface area contributed by atoms with Crippen LogP contribution >= 0.6 is 0 Å². The number of benzene rings is 2. The molecule has 0 aliphatic rings. The molecule has 2 aromatic carbocycles. The first-order chi connectivity index (χ1) is 11.5. The number of hydrogen-bond donors (Lipinski definition) is 1. The number of halogens is 1. The third-order valence-electron chi connectivity index (χ3n) is 3.33. The van der Waals surface area contributed by atoms with Crippen molar-refractivity contribution in [1.29, 1.82) is 0 Å². The molecule has 3 aromatic rings. The largest absolute Gasteiger partial charge is 0.277 e. The zero-order valence-electron chi connectivity index (χ0n) is 12.7. The van der Waals surface area contributed by atoms with E-state index in [4.69, 9.17) is 0 Å². The van der Waals surface area contributed by atoms with E-state index in [-0.39, 0.29) is 4.90 Å². The summed E-state index contributed by atoms with van der Waals surface area (Å²) in [6.07, 6.45) is 0.581. The van der Waals surface area contributed by atoms with Crippen molar-refractivity contribution in [2.75, 3.05) is 4.72 Å². The number of hydrogen-bond acceptors (Lipinski definition) is 5. The Balaban J connectivity index is 2.03. The molecule has 24 heavy (non-hydrogen) atoms. The molecule has 0 atom stereocenters. The van der Waals surface area contributed by atoms with Crippen molar-refractivity contribution in [3.63, 3.8) is 0 Å². The Morgan fingerprint density at radius 2 is 1.96 bits per heavy atom. The van der Waals surface area contributed by atoms with Gasteiger partial charge in [0.25, 0.3) is 10.0 Å². The SMILES string of the molecule is CCc1nnnn1-c1ccccc1NS(=O)(=O)c1cccc(F)c1. The highest BCUT2D eigenvalue weighted by molar-refractivity contribution is 7.92. The third kappa shape index (κ3) is 3.11. The first kappa shape index (κ1) is 16.1. The second-order valence-corrected chi connectivity index (χ2v) is 6.62. The van der Waals surface area contributed by atoms with Gasteiger partial charge < -0.3 is 0 Å². The van der Waals surface area contributed by atoms with E-state index in [0.29, 0.717) is 23.6 Å². The summed E-state index contributed by atoms with van der Waals surface area (Å²) in [5, 5.41) is 11.4. The fourth-order valence-electron chi connectivity index (χ4n) is 2.20. The fraction of sp³-hybridized carbons (Fsp3) is 0.133. The number of tetrazole rings is 1. The van der Waals surface area contributed by atoms with Gasteiger partial charge in [-0.1, -0.05) is 25.1 Å². The average Bonchev–Trinajstić information content (AvgIpc) is 3.03. The van der Waals surface area contributed by atoms with Crippen molar-refractivity contribution >= 4 is 15.7 Å². The van der Waals surface area contributed by atoms with Gasteiger partial charge in [0, 0.05) is 6.42 Å². The third-order valence-corrected chi connectivity index (χ3v) is 4.70. The van der Waals surface area contributed by atoms with E-state index in [0.717, 1.165) is 6.07 Å². The molecule has 0 saturated heterocycles. The van der Waals surface area contributed by atoms with Crippen LogP contribution in [0.25, 0.3) is 5.69 Å². The van der Waals surface area contributed by atoms with Crippen LogP contribution in [-0.4, -0.2) is 28.6 Å². The van der Waals surface area contributed by atoms with E-state index < -0.39 is 15.8 Å². The smallest absolute Gasteiger partial charge is 0.262 e. The molecule has 0 aliphatic heterocycles. The lowest BCUT2D eigenvalue weighted by atomic mass is 10.2. The van der Waals surface area contributed by atoms with Crippen LogP contribution in [-0.2, 0) is 16.4 Å². The van der Waals surface area contributed by atoms with E-state index in [1.54, 1.807) is 24.3 Å². The van der Waals surface area contributed by atoms with Crippen LogP contribution in [0.1, 0.15) is 12.7 Å². The minimum absolute atomic E-state index is 0.162. The molecule has 9 heteroatoms. The van der Waals surface area contributed by atoms with Gasteiger partial charge in [0.15, 0.2) is 5.82 Å². The zero-order chi connectivity index (χ0) is 17.2. The van der Waals surface area contributed by atoms with Crippen molar-refractivity contribution in [2.24, 2.45) is 0 Å². The van der Waals surface area contributed by atoms with E-state index in [1.807, 2.05) is 6.92 Å². The van der Waals surface area contributed by atoms with Gasteiger partial charge in [-0.05, 0) is 40.8 Å². The number of sulfonamides is 1. The Labute approximate surface area is 138 Å². The first-order valence-corrected chi connectivity index (χ1v) is 8.64. The van der Waals surface area contributed by atoms with Crippen LogP contribution in [0.4, 0.5) is 10.1 Å². The lowest BCUT2D eigenvalue weighted by Gasteiger charge is -2.13. The summed E-state index contributed by atoms with van der Waals surface area (Å²) in [6.45, 7) is 1.89. The van der Waals surface area contributed by atoms with Gasteiger partial charge in [-0.3, -0.25) is 4.72 Å². The second kappa shape index (κ2) is 6.36. The standard InChI is InChI=1S/C15H14FN5O2S/c1-2-15-17-19-20-21(15)14-9-4-3-8-13(14)18-24(22,23)12-7-5-6-11(16)10-12/h3-10,18H,2H2,1H3. The van der Waals surface area contributed by atoms with Crippen LogP contribution in [0.2, 0.25) is 0 Å². The number of para-hydroxylation sites is 2. The molecule has 7 nitrogen and oxygen atoms in total. The van der Waals surface area contributed by atoms with Gasteiger partial charge in [-0.15, -0.1) is 5.10 Å². The summed E-state index contributed by atoms with van der Waals surface area (Å²) < 4.78 is 42.2. The Kier molecular flexibility index (Phi) is 4.26. The van der Waals surface area contributed by atoms with Crippen molar-refractivity contribution in [3.05, 3.63) is 60.2 Å². The fourth-order valence-corrected chi connectivity index (χ4v) is 3.30. The Morgan fingerprint density at radius 1 is 1.17 bits per heavy atom. The van der Waals surface area contributed by atoms with E-state index >= 15 is 0 Å². The molecule has 0 aliphatic carbocycles. The summed E-state index contributed by atoms with van der Waals surface area (Å²) in [5.74, 6) is -0.0349. The Morgan fingerprint density at radius 3 is 2.71 bits per heavy atom. The maximum absolute atomic E-state index is 13.3. The normalized spacial score (nSPS) is 11.4. The predicted molar refractivity (Wildman–Crippen MR) is 85.7 cm³/mol. The molecular weight excluding hydrogens is 333 g/mol. The lowest BCUT2D eigenvalue weighted by molar-refractivity contribution is 0.595. The maximum atomic E-state index is 13.3. The van der Waals surface area contributed by atoms with Crippen molar-refractivity contribution in [1.82, 2.24) is 20.2 Å². The van der Waals surface area contributed by atoms with Gasteiger partial charge >= 0.3 is 0 Å². The second-order valence-electron chi connectivity index (χ2n) is 4.94. The van der Waals surface area contributed by atoms with Crippen LogP contribution in [0.3, 0.4) is 0 Å². The zero-order valence-corrected chi connectivity index (χ0v) is 13.5. The number of aromatic nitrogens is 4. The highest BCUT2D eigenvalue weighted by Crippen LogP contribution is 2.23. The summed E-state index contributed by atoms with van der Waals surface area (Å²) >= 11 is 0. The molecule has 0 spiro atoms. The molecular formula is C15H14FN5O2S. The number of aryl methyl sites for hydroxylation is 1. The molecule has 1 aromatic heterocycles. The van der Waals surface area contributed by atoms with E-state index in [9.17, 15) is 12.8 Å². The van der Waals surface area contributed by atoms with E-state index in [1.165, 1.54) is 22.9 Å². The topological polar surface area (TPSA) is 89.8 Å². The number of nitrogens with one attached hydrogen (secondary N) is 1. The molecule has 1 heterocycles. The molecule has 0 saturated carbocycles. The Hall–Kier alpha value is -2.81. The van der Waals surface area contributed by atoms with Crippen molar-refractivity contribution < 1.29 is 12.8 Å². The Bertz CT molecular complexity index is 971. The van der Waals surface area contributed by atoms with Crippen LogP contribution in [0.15, 0.2) is 53.4 Å². The predicted octanol–water partition coefficient (Wildman–Crippen LogP) is 2.16. The molecule has 1 N–H and O–H groups in total. The minimum Gasteiger partial charge on any atom is -0.277 e. The highest BCUT2D eigenvalue weighted by atomic mass is 32.2. The quantitative estimate of drug-likeness (QED) is 0.764. The van der Waals surface area contributed by atoms with Crippen LogP contribution < -0.4 is 4.72 Å². The molecule has 0 unspecified atom stereocenters. The van der Waals surface area contributed by atoms with Crippen LogP contribution in [0.5, 0.6) is 0 Å². The number of anilines is 1. The van der Waals surface area contributed by atoms with E-state index in [2.05, 4.69) is 20.2 Å². The molecule has 124 valence electrons. The van der Waals surface area contributed by atoms with Gasteiger partial charge in [0.2, 0.25) is 0 Å². The summed E-state index contributed by atoms with van der Waals surface area (Å²) in [7, 11) is -3.94. The van der Waals surface area contributed by atoms with Crippen LogP contribution in [0, 0.1) is 5.82 Å². The molecule has 0 amide bonds. The van der Waals surface area contributed by atoms with Gasteiger partial charge in [0.1, 0.15) is 5.82 Å². The summed E-state index contributed by atoms with van der Waals surface area (Å²) in [5.41, 5.74) is 0.781. The van der Waals surface area contributed by atoms with Gasteiger partial charge in [-0.25, -0.2) is 12.8 Å². The summed E-state index contributed by atoms with van der Waals surface area (Å²) in [4.78, 5) is -0.162. The first-order valence-electron chi connectivity index (χ1n) is 7.16. The van der Waals surface area contributed by atoms with Crippen molar-refractivity contribution in [2.45, 2.75) is 18.2 Å². The maximum Gasteiger partial charge on any atom is 0.262 e. The summed E-state index contributed by atoms with van der Waals surface area (Å²) in [6, 6.07) is 11.5. The van der Waals surface area contributed by atoms with Gasteiger partial charge in [0.05, 0.1) is 16.3 Å². The monoisotopic (exact) mass is 347 g/mol. The lowest BCUT2D eigenvalue weighted by Crippen LogP contribution is -2.15. The van der Waals surface area contributed by atoms with Crippen molar-refractivity contribution in [3.8, 4) is 5.69 Å². The average molecular weight is 347 g/mol. The molecule has 3 rings (SSSR count). The highest BCUT2D eigenvalue weighted by Gasteiger charge is 2.18. The number of nitrogens with zero attached hydrogens (tertiary/aromatic N) is 4. The molecule has 0 bridgehead atoms. The molecule has 0 radical (unpaired) electrons. The number of rotatable bonds is 5. The van der Waals surface area contributed by atoms with Gasteiger partial charge in [-0.2, -0.15) is 4.68 Å². The molecule has 0 fully saturated rings.